The summed E-state index contributed by atoms with van der Waals surface area (Å²) in [6.45, 7) is 5.82. The average molecular weight is 430 g/mol. The molecule has 2 aliphatic carbocycles. The molecule has 0 bridgehead atoms. The molecule has 3 fully saturated rings. The fraction of sp³-hybridized carbons (Fsp3) is 0.800. The highest BCUT2D eigenvalue weighted by Crippen LogP contribution is 2.48. The Morgan fingerprint density at radius 1 is 1.11 bits per heavy atom. The number of rotatable bonds is 4. The maximum atomic E-state index is 12.4. The lowest BCUT2D eigenvalue weighted by atomic mass is 9.94. The molecule has 158 valence electrons. The first-order chi connectivity index (χ1) is 12.8. The molecule has 1 amide bonds. The summed E-state index contributed by atoms with van der Waals surface area (Å²) < 4.78 is 2.18. The van der Waals surface area contributed by atoms with E-state index in [2.05, 4.69) is 26.3 Å². The number of hydrogen-bond acceptors (Lipinski definition) is 4. The Labute approximate surface area is 180 Å². The van der Waals surface area contributed by atoms with Gasteiger partial charge in [0, 0.05) is 31.6 Å². The van der Waals surface area contributed by atoms with E-state index in [1.165, 1.54) is 50.8 Å². The van der Waals surface area contributed by atoms with Crippen molar-refractivity contribution < 1.29 is 4.79 Å². The maximum Gasteiger partial charge on any atom is 0.224 e. The van der Waals surface area contributed by atoms with Gasteiger partial charge < -0.3 is 10.6 Å². The molecule has 4 aliphatic rings. The van der Waals surface area contributed by atoms with E-state index in [0.29, 0.717) is 18.4 Å². The van der Waals surface area contributed by atoms with E-state index in [0.717, 1.165) is 37.9 Å². The van der Waals surface area contributed by atoms with E-state index < -0.39 is 0 Å². The van der Waals surface area contributed by atoms with Crippen molar-refractivity contribution in [3.05, 3.63) is 17.5 Å². The monoisotopic (exact) mass is 429 g/mol. The van der Waals surface area contributed by atoms with Crippen LogP contribution in [0.2, 0.25) is 0 Å². The zero-order valence-electron chi connectivity index (χ0n) is 16.4. The van der Waals surface area contributed by atoms with Crippen molar-refractivity contribution in [2.45, 2.75) is 64.2 Å². The first-order valence-corrected chi connectivity index (χ1v) is 10.6. The number of halogens is 2. The van der Waals surface area contributed by atoms with Gasteiger partial charge in [-0.3, -0.25) is 14.4 Å². The Bertz CT molecular complexity index is 666. The number of nitrogens with one attached hydrogen (secondary N) is 2. The summed E-state index contributed by atoms with van der Waals surface area (Å²) in [5.41, 5.74) is 2.34. The van der Waals surface area contributed by atoms with E-state index >= 15 is 0 Å². The molecule has 3 atom stereocenters. The number of aryl methyl sites for hydroxylation is 1. The Morgan fingerprint density at radius 3 is 2.61 bits per heavy atom. The van der Waals surface area contributed by atoms with Crippen LogP contribution in [-0.2, 0) is 24.4 Å². The van der Waals surface area contributed by atoms with Gasteiger partial charge >= 0.3 is 0 Å². The summed E-state index contributed by atoms with van der Waals surface area (Å²) in [6, 6.07) is 2.98. The molecule has 1 unspecified atom stereocenters. The third kappa shape index (κ3) is 4.35. The van der Waals surface area contributed by atoms with Crippen LogP contribution in [0.1, 0.15) is 49.9 Å². The zero-order valence-corrected chi connectivity index (χ0v) is 18.1. The quantitative estimate of drug-likeness (QED) is 0.770. The number of aromatic nitrogens is 2. The summed E-state index contributed by atoms with van der Waals surface area (Å²) in [7, 11) is 0. The molecule has 8 heteroatoms. The summed E-state index contributed by atoms with van der Waals surface area (Å²) in [5, 5.41) is 11.3. The number of carbonyl (C=O) groups excluding carboxylic acids is 1. The second-order valence-corrected chi connectivity index (χ2v) is 8.70. The fourth-order valence-corrected chi connectivity index (χ4v) is 5.49. The second kappa shape index (κ2) is 9.33. The molecule has 6 nitrogen and oxygen atoms in total. The van der Waals surface area contributed by atoms with Crippen LogP contribution in [0.5, 0.6) is 0 Å². The largest absolute Gasteiger partial charge is 0.350 e. The third-order valence-corrected chi connectivity index (χ3v) is 7.02. The van der Waals surface area contributed by atoms with Crippen molar-refractivity contribution in [3.63, 3.8) is 0 Å². The average Bonchev–Trinajstić information content (AvgIpc) is 3.01. The number of nitrogens with zero attached hydrogens (tertiary/aromatic N) is 3. The lowest BCUT2D eigenvalue weighted by Gasteiger charge is -2.33. The summed E-state index contributed by atoms with van der Waals surface area (Å²) >= 11 is 0. The van der Waals surface area contributed by atoms with Gasteiger partial charge in [0.25, 0.3) is 0 Å². The SMILES string of the molecule is Cl.Cl.O=C(NCc1cc2n(n1)CCCN(C1CCCCC1)C2)C1[C@H]2CNC[C@@H]12. The molecule has 3 heterocycles. The van der Waals surface area contributed by atoms with E-state index in [9.17, 15) is 4.79 Å². The Kier molecular flexibility index (Phi) is 7.29. The van der Waals surface area contributed by atoms with Crippen LogP contribution < -0.4 is 10.6 Å². The molecule has 5 rings (SSSR count). The maximum absolute atomic E-state index is 12.4. The van der Waals surface area contributed by atoms with Crippen molar-refractivity contribution in [2.24, 2.45) is 17.8 Å². The summed E-state index contributed by atoms with van der Waals surface area (Å²) in [6.07, 6.45) is 8.07. The minimum atomic E-state index is 0. The summed E-state index contributed by atoms with van der Waals surface area (Å²) in [4.78, 5) is 15.0. The van der Waals surface area contributed by atoms with E-state index in [1.807, 2.05) is 0 Å². The van der Waals surface area contributed by atoms with Gasteiger partial charge in [0.15, 0.2) is 0 Å². The van der Waals surface area contributed by atoms with Crippen molar-refractivity contribution in [1.29, 1.82) is 0 Å². The molecule has 1 saturated heterocycles. The van der Waals surface area contributed by atoms with Crippen LogP contribution in [0.3, 0.4) is 0 Å². The van der Waals surface area contributed by atoms with Crippen molar-refractivity contribution in [3.8, 4) is 0 Å². The van der Waals surface area contributed by atoms with Gasteiger partial charge in [-0.05, 0) is 50.3 Å². The van der Waals surface area contributed by atoms with E-state index in [1.54, 1.807) is 0 Å². The third-order valence-electron chi connectivity index (χ3n) is 7.02. The lowest BCUT2D eigenvalue weighted by Crippen LogP contribution is -2.36. The molecule has 0 radical (unpaired) electrons. The molecule has 2 N–H and O–H groups in total. The van der Waals surface area contributed by atoms with Gasteiger partial charge in [0.2, 0.25) is 5.91 Å². The van der Waals surface area contributed by atoms with Crippen molar-refractivity contribution >= 4 is 30.7 Å². The molecule has 0 aromatic carbocycles. The fourth-order valence-electron chi connectivity index (χ4n) is 5.49. The minimum absolute atomic E-state index is 0. The van der Waals surface area contributed by atoms with Gasteiger partial charge in [0.05, 0.1) is 17.9 Å². The Balaban J connectivity index is 0.00000112. The number of fused-ring (bicyclic) bond motifs is 2. The number of carbonyl (C=O) groups is 1. The molecule has 0 spiro atoms. The molecular formula is C20H33Cl2N5O. The first kappa shape index (κ1) is 21.9. The predicted octanol–water partition coefficient (Wildman–Crippen LogP) is 2.35. The summed E-state index contributed by atoms with van der Waals surface area (Å²) in [5.74, 6) is 1.64. The van der Waals surface area contributed by atoms with Crippen LogP contribution in [0.25, 0.3) is 0 Å². The highest BCUT2D eigenvalue weighted by atomic mass is 35.5. The van der Waals surface area contributed by atoms with Crippen LogP contribution >= 0.6 is 24.8 Å². The predicted molar refractivity (Wildman–Crippen MR) is 114 cm³/mol. The van der Waals surface area contributed by atoms with Gasteiger partial charge in [-0.2, -0.15) is 5.10 Å². The molecule has 2 aliphatic heterocycles. The number of amides is 1. The second-order valence-electron chi connectivity index (χ2n) is 8.70. The Hall–Kier alpha value is -0.820. The topological polar surface area (TPSA) is 62.2 Å². The number of piperidine rings is 1. The van der Waals surface area contributed by atoms with E-state index in [-0.39, 0.29) is 36.6 Å². The molecule has 28 heavy (non-hydrogen) atoms. The zero-order chi connectivity index (χ0) is 17.5. The minimum Gasteiger partial charge on any atom is -0.350 e. The standard InChI is InChI=1S/C20H31N5O.2ClH/c26-20(19-17-11-21-12-18(17)19)22-10-14-9-16-13-24(7-4-8-25(16)23-14)15-5-2-1-3-6-15;;/h9,15,17-19,21H,1-8,10-13H2,(H,22,26);2*1H/t17-,18+,19?;;. The highest BCUT2D eigenvalue weighted by molar-refractivity contribution is 5.85. The van der Waals surface area contributed by atoms with Gasteiger partial charge in [-0.25, -0.2) is 0 Å². The number of hydrogen-bond donors (Lipinski definition) is 2. The van der Waals surface area contributed by atoms with Crippen molar-refractivity contribution in [1.82, 2.24) is 25.3 Å². The first-order valence-electron chi connectivity index (χ1n) is 10.6. The molecular weight excluding hydrogens is 397 g/mol. The van der Waals surface area contributed by atoms with Gasteiger partial charge in [-0.15, -0.1) is 24.8 Å². The van der Waals surface area contributed by atoms with E-state index in [4.69, 9.17) is 5.10 Å². The van der Waals surface area contributed by atoms with Gasteiger partial charge in [0.1, 0.15) is 0 Å². The van der Waals surface area contributed by atoms with Crippen LogP contribution in [0, 0.1) is 17.8 Å². The lowest BCUT2D eigenvalue weighted by molar-refractivity contribution is -0.123. The molecule has 1 aromatic heterocycles. The van der Waals surface area contributed by atoms with Crippen LogP contribution in [-0.4, -0.2) is 46.3 Å². The van der Waals surface area contributed by atoms with Crippen LogP contribution in [0.4, 0.5) is 0 Å². The normalized spacial score (nSPS) is 29.6. The Morgan fingerprint density at radius 2 is 1.86 bits per heavy atom. The molecule has 2 saturated carbocycles. The molecule has 1 aromatic rings. The van der Waals surface area contributed by atoms with Crippen LogP contribution in [0.15, 0.2) is 6.07 Å². The highest BCUT2D eigenvalue weighted by Gasteiger charge is 2.56. The van der Waals surface area contributed by atoms with Gasteiger partial charge in [-0.1, -0.05) is 19.3 Å². The van der Waals surface area contributed by atoms with Crippen molar-refractivity contribution in [2.75, 3.05) is 19.6 Å². The smallest absolute Gasteiger partial charge is 0.224 e.